The highest BCUT2D eigenvalue weighted by molar-refractivity contribution is 8.03. The normalized spacial score (nSPS) is 26.0. The van der Waals surface area contributed by atoms with Crippen LogP contribution in [0.2, 0.25) is 0 Å². The number of amides is 4. The predicted molar refractivity (Wildman–Crippen MR) is 134 cm³/mol. The number of nitrogens with zero attached hydrogens (tertiary/aromatic N) is 2. The summed E-state index contributed by atoms with van der Waals surface area (Å²) >= 11 is 1.44. The molecule has 2 heterocycles. The number of aldehydes is 1. The van der Waals surface area contributed by atoms with E-state index in [-0.39, 0.29) is 47.5 Å². The van der Waals surface area contributed by atoms with Crippen LogP contribution in [0.5, 0.6) is 5.75 Å². The largest absolute Gasteiger partial charge is 0.496 e. The Labute approximate surface area is 210 Å². The van der Waals surface area contributed by atoms with Gasteiger partial charge in [-0.2, -0.15) is 0 Å². The zero-order valence-electron chi connectivity index (χ0n) is 20.3. The van der Waals surface area contributed by atoms with Gasteiger partial charge in [-0.1, -0.05) is 13.0 Å². The van der Waals surface area contributed by atoms with E-state index in [1.54, 1.807) is 30.2 Å². The zero-order valence-corrected chi connectivity index (χ0v) is 21.1. The Bertz CT molecular complexity index is 1000. The van der Waals surface area contributed by atoms with Gasteiger partial charge >= 0.3 is 6.03 Å². The number of carbonyl (C=O) groups is 4. The van der Waals surface area contributed by atoms with Crippen LogP contribution in [0.15, 0.2) is 29.7 Å². The molecule has 0 radical (unpaired) electrons. The summed E-state index contributed by atoms with van der Waals surface area (Å²) in [7, 11) is 1.56. The van der Waals surface area contributed by atoms with Gasteiger partial charge in [0, 0.05) is 30.1 Å². The van der Waals surface area contributed by atoms with E-state index in [9.17, 15) is 19.2 Å². The maximum Gasteiger partial charge on any atom is 0.327 e. The van der Waals surface area contributed by atoms with E-state index in [2.05, 4.69) is 5.32 Å². The molecular formula is C26H33N3O5S. The molecule has 8 nitrogen and oxygen atoms in total. The van der Waals surface area contributed by atoms with E-state index in [1.165, 1.54) is 16.7 Å². The molecule has 1 saturated heterocycles. The second-order valence-electron chi connectivity index (χ2n) is 9.43. The number of benzene rings is 1. The lowest BCUT2D eigenvalue weighted by molar-refractivity contribution is -0.132. The summed E-state index contributed by atoms with van der Waals surface area (Å²) in [5.74, 6) is 0.757. The molecule has 2 unspecified atom stereocenters. The van der Waals surface area contributed by atoms with Crippen LogP contribution in [0.4, 0.5) is 4.79 Å². The molecule has 188 valence electrons. The van der Waals surface area contributed by atoms with Gasteiger partial charge < -0.3 is 15.0 Å². The molecule has 35 heavy (non-hydrogen) atoms. The second kappa shape index (κ2) is 11.3. The number of nitrogens with one attached hydrogen (secondary N) is 1. The molecule has 1 aromatic rings. The summed E-state index contributed by atoms with van der Waals surface area (Å²) < 4.78 is 5.47. The number of ether oxygens (including phenoxy) is 1. The van der Waals surface area contributed by atoms with Crippen LogP contribution in [0.1, 0.15) is 54.9 Å². The minimum atomic E-state index is -0.371. The van der Waals surface area contributed by atoms with E-state index in [0.29, 0.717) is 24.4 Å². The molecule has 1 aromatic carbocycles. The fourth-order valence-corrected chi connectivity index (χ4v) is 6.24. The third-order valence-corrected chi connectivity index (χ3v) is 8.23. The summed E-state index contributed by atoms with van der Waals surface area (Å²) in [5, 5.41) is 4.49. The van der Waals surface area contributed by atoms with Crippen LogP contribution in [0.3, 0.4) is 0 Å². The van der Waals surface area contributed by atoms with Crippen LogP contribution < -0.4 is 10.1 Å². The van der Waals surface area contributed by atoms with E-state index >= 15 is 0 Å². The minimum absolute atomic E-state index is 0.0126. The third-order valence-electron chi connectivity index (χ3n) is 7.15. The van der Waals surface area contributed by atoms with E-state index in [0.717, 1.165) is 44.0 Å². The summed E-state index contributed by atoms with van der Waals surface area (Å²) in [6, 6.07) is 4.48. The van der Waals surface area contributed by atoms with E-state index in [4.69, 9.17) is 4.74 Å². The van der Waals surface area contributed by atoms with E-state index < -0.39 is 0 Å². The van der Waals surface area contributed by atoms with Crippen molar-refractivity contribution >= 4 is 35.9 Å². The van der Waals surface area contributed by atoms with Gasteiger partial charge in [-0.25, -0.2) is 4.79 Å². The number of rotatable bonds is 9. The van der Waals surface area contributed by atoms with Crippen LogP contribution >= 0.6 is 11.8 Å². The van der Waals surface area contributed by atoms with Crippen molar-refractivity contribution in [1.29, 1.82) is 0 Å². The molecule has 1 N–H and O–H groups in total. The average Bonchev–Trinajstić information content (AvgIpc) is 3.38. The molecule has 0 bridgehead atoms. The summed E-state index contributed by atoms with van der Waals surface area (Å²) in [6.45, 7) is 3.34. The van der Waals surface area contributed by atoms with Gasteiger partial charge in [0.2, 0.25) is 11.8 Å². The first-order valence-corrected chi connectivity index (χ1v) is 13.2. The van der Waals surface area contributed by atoms with Crippen molar-refractivity contribution in [2.75, 3.05) is 20.2 Å². The number of thioether (sulfide) groups is 1. The molecule has 1 saturated carbocycles. The average molecular weight is 500 g/mol. The molecule has 2 fully saturated rings. The van der Waals surface area contributed by atoms with Gasteiger partial charge in [-0.3, -0.25) is 19.3 Å². The van der Waals surface area contributed by atoms with Gasteiger partial charge in [0.15, 0.2) is 0 Å². The summed E-state index contributed by atoms with van der Waals surface area (Å²) in [5.41, 5.74) is 1.23. The van der Waals surface area contributed by atoms with Crippen molar-refractivity contribution < 1.29 is 23.9 Å². The predicted octanol–water partition coefficient (Wildman–Crippen LogP) is 3.60. The topological polar surface area (TPSA) is 96.0 Å². The summed E-state index contributed by atoms with van der Waals surface area (Å²) in [4.78, 5) is 53.6. The smallest absolute Gasteiger partial charge is 0.327 e. The van der Waals surface area contributed by atoms with Crippen LogP contribution in [0, 0.1) is 11.8 Å². The van der Waals surface area contributed by atoms with Crippen LogP contribution in [-0.4, -0.2) is 65.4 Å². The molecule has 4 rings (SSSR count). The monoisotopic (exact) mass is 499 g/mol. The van der Waals surface area contributed by atoms with Crippen molar-refractivity contribution in [2.24, 2.45) is 11.8 Å². The molecule has 0 aromatic heterocycles. The Balaban J connectivity index is 1.47. The first kappa shape index (κ1) is 25.3. The highest BCUT2D eigenvalue weighted by Crippen LogP contribution is 2.38. The van der Waals surface area contributed by atoms with Crippen molar-refractivity contribution in [2.45, 2.75) is 56.9 Å². The van der Waals surface area contributed by atoms with Gasteiger partial charge in [0.05, 0.1) is 19.7 Å². The maximum atomic E-state index is 13.6. The number of methoxy groups -OCH3 is 1. The second-order valence-corrected chi connectivity index (χ2v) is 10.5. The number of hydrogen-bond donors (Lipinski definition) is 1. The van der Waals surface area contributed by atoms with Gasteiger partial charge in [-0.05, 0) is 61.6 Å². The number of urea groups is 1. The highest BCUT2D eigenvalue weighted by atomic mass is 32.2. The number of imide groups is 1. The lowest BCUT2D eigenvalue weighted by atomic mass is 9.81. The van der Waals surface area contributed by atoms with E-state index in [1.807, 2.05) is 18.4 Å². The Morgan fingerprint density at radius 2 is 2.00 bits per heavy atom. The van der Waals surface area contributed by atoms with Crippen molar-refractivity contribution in [3.05, 3.63) is 40.8 Å². The molecule has 4 amide bonds. The third kappa shape index (κ3) is 5.39. The lowest BCUT2D eigenvalue weighted by Gasteiger charge is -2.43. The molecule has 1 aliphatic carbocycles. The fourth-order valence-electron chi connectivity index (χ4n) is 5.17. The molecule has 3 aliphatic rings. The van der Waals surface area contributed by atoms with Gasteiger partial charge in [-0.15, -0.1) is 11.8 Å². The molecule has 9 heteroatoms. The maximum absolute atomic E-state index is 13.6. The Morgan fingerprint density at radius 1 is 1.23 bits per heavy atom. The molecular weight excluding hydrogens is 466 g/mol. The SMILES string of the molecule is CCCNC(=O)C1CCC(CN2C(=O)C3SC=CC3N(Cc3cc(C=O)ccc3OC)C2=O)CC1. The standard InChI is InChI=1S/C26H33N3O5S/c1-3-11-27-24(31)19-7-4-17(5-8-19)14-29-25(32)23-21(10-12-35-23)28(26(29)33)15-20-13-18(16-30)6-9-22(20)34-2/h6,9-10,12-13,16-17,19,21,23H,3-5,7-8,11,14-15H2,1-2H3,(H,27,31). The van der Waals surface area contributed by atoms with Gasteiger partial charge in [0.1, 0.15) is 17.3 Å². The minimum Gasteiger partial charge on any atom is -0.496 e. The fraction of sp³-hybridized carbons (Fsp3) is 0.538. The molecule has 0 spiro atoms. The number of hydrogen-bond acceptors (Lipinski definition) is 6. The Hall–Kier alpha value is -2.81. The molecule has 2 atom stereocenters. The first-order chi connectivity index (χ1) is 17.0. The van der Waals surface area contributed by atoms with Crippen molar-refractivity contribution in [1.82, 2.24) is 15.1 Å². The zero-order chi connectivity index (χ0) is 24.9. The Kier molecular flexibility index (Phi) is 8.15. The number of carbonyl (C=O) groups excluding carboxylic acids is 4. The van der Waals surface area contributed by atoms with Crippen LogP contribution in [0.25, 0.3) is 0 Å². The molecule has 2 aliphatic heterocycles. The lowest BCUT2D eigenvalue weighted by Crippen LogP contribution is -2.62. The summed E-state index contributed by atoms with van der Waals surface area (Å²) in [6.07, 6.45) is 6.77. The van der Waals surface area contributed by atoms with Crippen molar-refractivity contribution in [3.8, 4) is 5.75 Å². The quantitative estimate of drug-likeness (QED) is 0.522. The first-order valence-electron chi connectivity index (χ1n) is 12.3. The number of fused-ring (bicyclic) bond motifs is 1. The van der Waals surface area contributed by atoms with Gasteiger partial charge in [0.25, 0.3) is 0 Å². The Morgan fingerprint density at radius 3 is 2.69 bits per heavy atom. The van der Waals surface area contributed by atoms with Crippen LogP contribution in [-0.2, 0) is 16.1 Å². The highest BCUT2D eigenvalue weighted by Gasteiger charge is 2.48. The van der Waals surface area contributed by atoms with Crippen molar-refractivity contribution in [3.63, 3.8) is 0 Å².